The second kappa shape index (κ2) is 5.57. The van der Waals surface area contributed by atoms with Crippen molar-refractivity contribution < 1.29 is 14.1 Å². The Balaban J connectivity index is 1.56. The molecule has 0 amide bonds. The van der Waals surface area contributed by atoms with E-state index in [-0.39, 0.29) is 10.1 Å². The molecule has 1 atom stereocenters. The molecule has 5 aromatic heterocycles. The van der Waals surface area contributed by atoms with E-state index in [1.807, 2.05) is 42.6 Å². The number of quaternary nitrogens is 1. The second-order valence-electron chi connectivity index (χ2n) is 10.7. The Morgan fingerprint density at radius 3 is 2.59 bits per heavy atom. The normalized spacial score (nSPS) is 17.8. The number of hydrogen-bond acceptors (Lipinski definition) is 3. The predicted molar refractivity (Wildman–Crippen MR) is 146 cm³/mol. The molecule has 8 heterocycles. The molecule has 0 bridgehead atoms. The zero-order valence-electron chi connectivity index (χ0n) is 20.6. The average Bonchev–Trinajstić information content (AvgIpc) is 3.58. The third-order valence-corrected chi connectivity index (χ3v) is 9.05. The van der Waals surface area contributed by atoms with Crippen LogP contribution in [0.25, 0.3) is 60.8 Å². The van der Waals surface area contributed by atoms with Gasteiger partial charge in [0.05, 0.1) is 27.9 Å². The third-order valence-electron chi connectivity index (χ3n) is 9.05. The molecule has 8 aromatic rings. The standard InChI is InChI=1S/C31H17N6O2/c1-33-29-21(10-4-14-32-29)36-30(33)20-8-3-11-22-26(20)37(36)27-23(39-22)13-12-19-25(27)35-24-16(6-2-7-18(24)28(19)38)17-9-5-15-34(37)31(17)35/h2-15H,1H3/q+3. The minimum Gasteiger partial charge on any atom is -0.444 e. The number of imidazole rings is 1. The number of aromatic nitrogens is 5. The first-order valence-corrected chi connectivity index (χ1v) is 13.0. The van der Waals surface area contributed by atoms with E-state index in [4.69, 9.17) is 9.72 Å². The maximum Gasteiger partial charge on any atom is 0.353 e. The summed E-state index contributed by atoms with van der Waals surface area (Å²) >= 11 is 0. The van der Waals surface area contributed by atoms with Crippen molar-refractivity contribution >= 4 is 60.8 Å². The van der Waals surface area contributed by atoms with Crippen LogP contribution in [-0.4, -0.2) is 14.0 Å². The van der Waals surface area contributed by atoms with E-state index < -0.39 is 0 Å². The smallest absolute Gasteiger partial charge is 0.353 e. The van der Waals surface area contributed by atoms with Crippen molar-refractivity contribution in [1.29, 1.82) is 0 Å². The van der Waals surface area contributed by atoms with Gasteiger partial charge in [-0.3, -0.25) is 4.79 Å². The molecule has 3 aliphatic heterocycles. The lowest BCUT2D eigenvalue weighted by Gasteiger charge is -2.32. The van der Waals surface area contributed by atoms with Crippen LogP contribution in [0.4, 0.5) is 11.4 Å². The maximum atomic E-state index is 14.1. The van der Waals surface area contributed by atoms with Gasteiger partial charge in [0.1, 0.15) is 5.56 Å². The molecule has 8 heteroatoms. The number of nitrogens with zero attached hydrogens (tertiary/aromatic N) is 6. The van der Waals surface area contributed by atoms with Crippen molar-refractivity contribution in [2.75, 3.05) is 0 Å². The fourth-order valence-electron chi connectivity index (χ4n) is 7.77. The largest absolute Gasteiger partial charge is 0.444 e. The number of fused-ring (bicyclic) bond motifs is 5. The number of hydrogen-bond donors (Lipinski definition) is 0. The molecule has 1 unspecified atom stereocenters. The SMILES string of the molecule is Cn1c2[n+](c3cccnc31)[N+]13c4c(cccc4-2)Oc2ccc4c(=O)c5cccc6c7ccc[n+]1c7n(c4c23)c56. The highest BCUT2D eigenvalue weighted by atomic mass is 16.5. The Labute approximate surface area is 218 Å². The summed E-state index contributed by atoms with van der Waals surface area (Å²) in [5.41, 5.74) is 7.87. The Morgan fingerprint density at radius 1 is 0.821 bits per heavy atom. The van der Waals surface area contributed by atoms with Gasteiger partial charge in [-0.2, -0.15) is 4.40 Å². The highest BCUT2D eigenvalue weighted by molar-refractivity contribution is 6.17. The number of pyridine rings is 3. The Kier molecular flexibility index (Phi) is 2.69. The number of aryl methyl sites for hydroxylation is 1. The number of benzene rings is 3. The summed E-state index contributed by atoms with van der Waals surface area (Å²) in [5, 5.41) is 3.61. The molecule has 0 N–H and O–H groups in total. The monoisotopic (exact) mass is 505 g/mol. The van der Waals surface area contributed by atoms with Gasteiger partial charge in [-0.15, -0.1) is 0 Å². The van der Waals surface area contributed by atoms with Crippen LogP contribution in [-0.2, 0) is 7.05 Å². The number of para-hydroxylation sites is 2. The predicted octanol–water partition coefficient (Wildman–Crippen LogP) is 4.62. The molecule has 0 saturated heterocycles. The molecule has 3 aliphatic rings. The van der Waals surface area contributed by atoms with Gasteiger partial charge in [-0.05, 0) is 65.3 Å². The van der Waals surface area contributed by atoms with Crippen LogP contribution < -0.4 is 24.2 Å². The zero-order chi connectivity index (χ0) is 25.4. The molecular formula is C31H17N6O2+3. The molecule has 0 fully saturated rings. The van der Waals surface area contributed by atoms with Gasteiger partial charge >= 0.3 is 17.2 Å². The van der Waals surface area contributed by atoms with Crippen molar-refractivity contribution in [3.05, 3.63) is 95.4 Å². The van der Waals surface area contributed by atoms with Crippen LogP contribution in [0.15, 0.2) is 90.0 Å². The zero-order valence-corrected chi connectivity index (χ0v) is 20.6. The van der Waals surface area contributed by atoms with Gasteiger partial charge in [-0.25, -0.2) is 9.55 Å². The summed E-state index contributed by atoms with van der Waals surface area (Å²) in [5.74, 6) is 2.58. The molecule has 180 valence electrons. The van der Waals surface area contributed by atoms with Crippen LogP contribution in [0.1, 0.15) is 0 Å². The van der Waals surface area contributed by atoms with Gasteiger partial charge in [0.15, 0.2) is 17.5 Å². The van der Waals surface area contributed by atoms with Crippen LogP contribution in [0, 0.1) is 0 Å². The van der Waals surface area contributed by atoms with E-state index in [0.29, 0.717) is 5.39 Å². The minimum atomic E-state index is 0.0448. The summed E-state index contributed by atoms with van der Waals surface area (Å²) < 4.78 is 16.1. The Bertz CT molecular complexity index is 2580. The summed E-state index contributed by atoms with van der Waals surface area (Å²) in [6.45, 7) is 0. The fraction of sp³-hybridized carbons (Fsp3) is 0.0323. The topological polar surface area (TPSA) is 56.3 Å². The van der Waals surface area contributed by atoms with Crippen LogP contribution in [0.5, 0.6) is 11.5 Å². The van der Waals surface area contributed by atoms with Crippen LogP contribution in [0.3, 0.4) is 0 Å². The first kappa shape index (κ1) is 18.8. The fourth-order valence-corrected chi connectivity index (χ4v) is 7.77. The molecule has 8 nitrogen and oxygen atoms in total. The molecule has 11 rings (SSSR count). The highest BCUT2D eigenvalue weighted by Crippen LogP contribution is 2.59. The van der Waals surface area contributed by atoms with Crippen molar-refractivity contribution in [3.8, 4) is 22.9 Å². The maximum absolute atomic E-state index is 14.1. The summed E-state index contributed by atoms with van der Waals surface area (Å²) in [6, 6.07) is 24.6. The molecule has 0 saturated carbocycles. The molecule has 0 radical (unpaired) electrons. The lowest BCUT2D eigenvalue weighted by Crippen LogP contribution is -2.83. The van der Waals surface area contributed by atoms with E-state index in [2.05, 4.69) is 68.0 Å². The summed E-state index contributed by atoms with van der Waals surface area (Å²) in [6.07, 6.45) is 4.00. The van der Waals surface area contributed by atoms with Gasteiger partial charge in [-0.1, -0.05) is 12.1 Å². The van der Waals surface area contributed by atoms with Crippen molar-refractivity contribution in [1.82, 2.24) is 18.7 Å². The second-order valence-corrected chi connectivity index (χ2v) is 10.7. The lowest BCUT2D eigenvalue weighted by molar-refractivity contribution is -1.01. The molecular weight excluding hydrogens is 488 g/mol. The van der Waals surface area contributed by atoms with E-state index in [1.165, 1.54) is 0 Å². The first-order chi connectivity index (χ1) is 19.2. The highest BCUT2D eigenvalue weighted by Gasteiger charge is 2.68. The number of rotatable bonds is 0. The summed E-state index contributed by atoms with van der Waals surface area (Å²) in [7, 11) is 2.07. The quantitative estimate of drug-likeness (QED) is 0.172. The molecule has 0 aliphatic carbocycles. The average molecular weight is 506 g/mol. The first-order valence-electron chi connectivity index (χ1n) is 13.0. The van der Waals surface area contributed by atoms with Gasteiger partial charge < -0.3 is 4.74 Å². The van der Waals surface area contributed by atoms with Crippen LogP contribution in [0.2, 0.25) is 0 Å². The number of ether oxygens (including phenoxy) is 1. The van der Waals surface area contributed by atoms with Crippen molar-refractivity contribution in [2.45, 2.75) is 0 Å². The molecule has 1 spiro atoms. The van der Waals surface area contributed by atoms with E-state index in [9.17, 15) is 4.79 Å². The van der Waals surface area contributed by atoms with Gasteiger partial charge in [0, 0.05) is 16.3 Å². The minimum absolute atomic E-state index is 0.0448. The third kappa shape index (κ3) is 1.64. The molecule has 3 aromatic carbocycles. The Hall–Kier alpha value is -5.34. The van der Waals surface area contributed by atoms with Crippen molar-refractivity contribution in [3.63, 3.8) is 0 Å². The van der Waals surface area contributed by atoms with Gasteiger partial charge in [0.2, 0.25) is 16.7 Å². The van der Waals surface area contributed by atoms with E-state index in [1.54, 1.807) is 0 Å². The van der Waals surface area contributed by atoms with Gasteiger partial charge in [0.25, 0.3) is 16.9 Å². The Morgan fingerprint density at radius 2 is 1.64 bits per heavy atom. The van der Waals surface area contributed by atoms with Crippen molar-refractivity contribution in [2.24, 2.45) is 7.05 Å². The molecule has 39 heavy (non-hydrogen) atoms. The lowest BCUT2D eigenvalue weighted by atomic mass is 10.0. The summed E-state index contributed by atoms with van der Waals surface area (Å²) in [4.78, 5) is 18.9. The van der Waals surface area contributed by atoms with Crippen LogP contribution >= 0.6 is 0 Å². The van der Waals surface area contributed by atoms with E-state index >= 15 is 0 Å². The van der Waals surface area contributed by atoms with E-state index in [0.717, 1.165) is 78.3 Å².